The first-order valence-corrected chi connectivity index (χ1v) is 10.2. The van der Waals surface area contributed by atoms with Crippen molar-refractivity contribution in [2.45, 2.75) is 52.1 Å². The first kappa shape index (κ1) is 25.2. The minimum atomic E-state index is -1.26. The number of carbonyl (C=O) groups is 2. The Balaban J connectivity index is 0.000000479. The number of hydrogen-bond donors (Lipinski definition) is 2. The molecule has 1 atom stereocenters. The first-order valence-electron chi connectivity index (χ1n) is 10.2. The molecule has 0 bridgehead atoms. The predicted octanol–water partition coefficient (Wildman–Crippen LogP) is 4.38. The molecule has 0 saturated carbocycles. The summed E-state index contributed by atoms with van der Waals surface area (Å²) in [5.74, 6) is -2.05. The van der Waals surface area contributed by atoms with Crippen LogP contribution in [-0.2, 0) is 16.6 Å². The van der Waals surface area contributed by atoms with Gasteiger partial charge in [-0.15, -0.1) is 0 Å². The van der Waals surface area contributed by atoms with Gasteiger partial charge in [0.2, 0.25) is 0 Å². The van der Waals surface area contributed by atoms with E-state index in [-0.39, 0.29) is 0 Å². The van der Waals surface area contributed by atoms with Crippen molar-refractivity contribution < 1.29 is 19.8 Å². The third-order valence-corrected chi connectivity index (χ3v) is 4.91. The van der Waals surface area contributed by atoms with Crippen LogP contribution in [0.3, 0.4) is 0 Å². The molecule has 164 valence electrons. The maximum absolute atomic E-state index is 9.55. The summed E-state index contributed by atoms with van der Waals surface area (Å²) < 4.78 is 2.26. The first-order chi connectivity index (χ1) is 14.1. The number of benzene rings is 1. The quantitative estimate of drug-likeness (QED) is 0.595. The van der Waals surface area contributed by atoms with Crippen LogP contribution in [0, 0.1) is 0 Å². The maximum Gasteiger partial charge on any atom is 0.328 e. The molecule has 0 saturated heterocycles. The summed E-state index contributed by atoms with van der Waals surface area (Å²) in [5, 5.41) is 15.6. The largest absolute Gasteiger partial charge is 0.478 e. The average molecular weight is 415 g/mol. The van der Waals surface area contributed by atoms with Crippen molar-refractivity contribution in [2.24, 2.45) is 7.05 Å². The van der Waals surface area contributed by atoms with Crippen LogP contribution in [0.25, 0.3) is 0 Å². The van der Waals surface area contributed by atoms with Crippen molar-refractivity contribution in [3.8, 4) is 0 Å². The molecule has 2 rings (SSSR count). The number of nitrogens with zero attached hydrogens (tertiary/aromatic N) is 2. The molecular formula is C24H34N2O4. The van der Waals surface area contributed by atoms with Gasteiger partial charge in [-0.25, -0.2) is 9.59 Å². The van der Waals surface area contributed by atoms with E-state index >= 15 is 0 Å². The number of carboxylic acids is 2. The maximum atomic E-state index is 9.55. The van der Waals surface area contributed by atoms with E-state index in [1.807, 2.05) is 0 Å². The van der Waals surface area contributed by atoms with E-state index < -0.39 is 11.9 Å². The Hall–Kier alpha value is -2.86. The van der Waals surface area contributed by atoms with Crippen LogP contribution in [0.15, 0.2) is 60.8 Å². The van der Waals surface area contributed by atoms with Crippen LogP contribution in [0.1, 0.15) is 51.3 Å². The fourth-order valence-corrected chi connectivity index (χ4v) is 3.54. The van der Waals surface area contributed by atoms with E-state index in [9.17, 15) is 9.59 Å². The highest BCUT2D eigenvalue weighted by Crippen LogP contribution is 2.28. The summed E-state index contributed by atoms with van der Waals surface area (Å²) in [6.07, 6.45) is 4.41. The van der Waals surface area contributed by atoms with E-state index in [0.717, 1.165) is 13.0 Å². The van der Waals surface area contributed by atoms with Crippen LogP contribution in [0.4, 0.5) is 0 Å². The monoisotopic (exact) mass is 414 g/mol. The van der Waals surface area contributed by atoms with Crippen molar-refractivity contribution in [1.82, 2.24) is 9.47 Å². The molecule has 0 radical (unpaired) electrons. The third kappa shape index (κ3) is 8.66. The summed E-state index contributed by atoms with van der Waals surface area (Å²) in [4.78, 5) is 21.7. The molecule has 0 aliphatic carbocycles. The van der Waals surface area contributed by atoms with Crippen molar-refractivity contribution in [2.75, 3.05) is 6.54 Å². The lowest BCUT2D eigenvalue weighted by atomic mass is 9.92. The molecule has 6 nitrogen and oxygen atoms in total. The van der Waals surface area contributed by atoms with E-state index in [2.05, 4.69) is 92.9 Å². The van der Waals surface area contributed by atoms with Gasteiger partial charge in [0.25, 0.3) is 0 Å². The summed E-state index contributed by atoms with van der Waals surface area (Å²) in [6, 6.07) is 16.5. The molecule has 1 aromatic carbocycles. The Bertz CT molecular complexity index is 786. The average Bonchev–Trinajstić information content (AvgIpc) is 3.10. The Morgan fingerprint density at radius 2 is 1.47 bits per heavy atom. The summed E-state index contributed by atoms with van der Waals surface area (Å²) >= 11 is 0. The Morgan fingerprint density at radius 3 is 1.87 bits per heavy atom. The molecular weight excluding hydrogens is 380 g/mol. The van der Waals surface area contributed by atoms with Crippen LogP contribution in [-0.4, -0.2) is 50.2 Å². The highest BCUT2D eigenvalue weighted by atomic mass is 16.4. The lowest BCUT2D eigenvalue weighted by Crippen LogP contribution is -2.38. The number of hydrogen-bond acceptors (Lipinski definition) is 3. The molecule has 6 heteroatoms. The molecule has 2 aromatic rings. The highest BCUT2D eigenvalue weighted by molar-refractivity contribution is 5.89. The van der Waals surface area contributed by atoms with Crippen molar-refractivity contribution >= 4 is 11.9 Å². The molecule has 0 aliphatic rings. The normalized spacial score (nSPS) is 12.3. The van der Waals surface area contributed by atoms with Crippen molar-refractivity contribution in [1.29, 1.82) is 0 Å². The van der Waals surface area contributed by atoms with Gasteiger partial charge in [-0.2, -0.15) is 0 Å². The van der Waals surface area contributed by atoms with Gasteiger partial charge in [-0.3, -0.25) is 4.90 Å². The zero-order valence-electron chi connectivity index (χ0n) is 18.5. The van der Waals surface area contributed by atoms with E-state index in [0.29, 0.717) is 30.2 Å². The Labute approximate surface area is 179 Å². The standard InChI is InChI=1S/C20H30N2.C4H4O4/c1-16(2)22(17(3)4)15-13-19(18-10-7-6-8-11-18)20-12-9-14-21(20)5;5-3(6)1-2-4(7)8/h6-12,14,16-17,19H,13,15H2,1-5H3;1-2H,(H,5,6)(H,7,8)/b;2-1+. The molecule has 0 fully saturated rings. The molecule has 0 amide bonds. The molecule has 1 aromatic heterocycles. The Kier molecular flexibility index (Phi) is 10.6. The van der Waals surface area contributed by atoms with Gasteiger partial charge in [0.05, 0.1) is 0 Å². The second-order valence-corrected chi connectivity index (χ2v) is 7.73. The minimum absolute atomic E-state index is 0.459. The lowest BCUT2D eigenvalue weighted by molar-refractivity contribution is -0.134. The second kappa shape index (κ2) is 12.6. The van der Waals surface area contributed by atoms with Gasteiger partial charge in [0.1, 0.15) is 0 Å². The van der Waals surface area contributed by atoms with Gasteiger partial charge >= 0.3 is 11.9 Å². The van der Waals surface area contributed by atoms with Crippen molar-refractivity contribution in [3.63, 3.8) is 0 Å². The SMILES string of the molecule is CC(C)N(CCC(c1ccccc1)c1cccn1C)C(C)C.O=C(O)/C=C/C(=O)O. The zero-order chi connectivity index (χ0) is 22.7. The van der Waals surface area contributed by atoms with E-state index in [4.69, 9.17) is 10.2 Å². The van der Waals surface area contributed by atoms with Crippen LogP contribution < -0.4 is 0 Å². The smallest absolute Gasteiger partial charge is 0.328 e. The molecule has 30 heavy (non-hydrogen) atoms. The number of aryl methyl sites for hydroxylation is 1. The lowest BCUT2D eigenvalue weighted by Gasteiger charge is -2.32. The minimum Gasteiger partial charge on any atom is -0.478 e. The van der Waals surface area contributed by atoms with E-state index in [1.54, 1.807) is 0 Å². The fraction of sp³-hybridized carbons (Fsp3) is 0.417. The molecule has 0 aliphatic heterocycles. The fourth-order valence-electron chi connectivity index (χ4n) is 3.54. The molecule has 1 unspecified atom stereocenters. The number of carboxylic acid groups (broad SMARTS) is 2. The summed E-state index contributed by atoms with van der Waals surface area (Å²) in [7, 11) is 2.15. The van der Waals surface area contributed by atoms with Gasteiger partial charge in [-0.05, 0) is 58.4 Å². The Morgan fingerprint density at radius 1 is 0.933 bits per heavy atom. The van der Waals surface area contributed by atoms with E-state index in [1.165, 1.54) is 11.3 Å². The molecule has 1 heterocycles. The zero-order valence-corrected chi connectivity index (χ0v) is 18.5. The number of aliphatic carboxylic acids is 2. The van der Waals surface area contributed by atoms with Gasteiger partial charge < -0.3 is 14.8 Å². The molecule has 2 N–H and O–H groups in total. The number of rotatable bonds is 9. The van der Waals surface area contributed by atoms with Crippen LogP contribution in [0.5, 0.6) is 0 Å². The molecule has 0 spiro atoms. The third-order valence-electron chi connectivity index (χ3n) is 4.91. The van der Waals surface area contributed by atoms with Gasteiger partial charge in [0.15, 0.2) is 0 Å². The predicted molar refractivity (Wildman–Crippen MR) is 120 cm³/mol. The number of aromatic nitrogens is 1. The van der Waals surface area contributed by atoms with Gasteiger partial charge in [-0.1, -0.05) is 30.3 Å². The topological polar surface area (TPSA) is 82.8 Å². The van der Waals surface area contributed by atoms with Crippen LogP contribution >= 0.6 is 0 Å². The second-order valence-electron chi connectivity index (χ2n) is 7.73. The highest BCUT2D eigenvalue weighted by Gasteiger charge is 2.20. The van der Waals surface area contributed by atoms with Crippen LogP contribution in [0.2, 0.25) is 0 Å². The van der Waals surface area contributed by atoms with Gasteiger partial charge in [0, 0.05) is 49.1 Å². The summed E-state index contributed by atoms with van der Waals surface area (Å²) in [6.45, 7) is 10.3. The summed E-state index contributed by atoms with van der Waals surface area (Å²) in [5.41, 5.74) is 2.82. The van der Waals surface area contributed by atoms with Crippen molar-refractivity contribution in [3.05, 3.63) is 72.1 Å².